The molecule has 0 bridgehead atoms. The summed E-state index contributed by atoms with van der Waals surface area (Å²) in [4.78, 5) is 11.2. The van der Waals surface area contributed by atoms with Gasteiger partial charge in [0.2, 0.25) is 0 Å². The molecule has 2 rings (SSSR count). The Hall–Kier alpha value is -1.71. The number of aromatic nitrogens is 1. The SMILES string of the molecule is Cn1c2c(F)cccc2cc(F)[13c]1=O. The number of nitrogens with zero attached hydrogens (tertiary/aromatic N) is 1. The fraction of sp³-hybridized carbons (Fsp3) is 0.100. The summed E-state index contributed by atoms with van der Waals surface area (Å²) in [6.07, 6.45) is 0. The van der Waals surface area contributed by atoms with E-state index in [0.29, 0.717) is 5.39 Å². The third kappa shape index (κ3) is 1.11. The zero-order chi connectivity index (χ0) is 10.3. The topological polar surface area (TPSA) is 22.0 Å². The second kappa shape index (κ2) is 2.90. The van der Waals surface area contributed by atoms with E-state index in [1.54, 1.807) is 6.07 Å². The van der Waals surface area contributed by atoms with Gasteiger partial charge in [-0.3, -0.25) is 4.79 Å². The normalized spacial score (nSPS) is 10.8. The molecule has 72 valence electrons. The Morgan fingerprint density at radius 3 is 2.64 bits per heavy atom. The minimum atomic E-state index is -0.870. The van der Waals surface area contributed by atoms with E-state index >= 15 is 0 Å². The summed E-state index contributed by atoms with van der Waals surface area (Å²) < 4.78 is 27.2. The Morgan fingerprint density at radius 2 is 1.93 bits per heavy atom. The second-order valence-electron chi connectivity index (χ2n) is 3.03. The highest BCUT2D eigenvalue weighted by Gasteiger charge is 2.08. The Labute approximate surface area is 78.4 Å². The van der Waals surface area contributed by atoms with E-state index in [9.17, 15) is 13.6 Å². The number of aryl methyl sites for hydroxylation is 1. The first kappa shape index (κ1) is 8.87. The van der Waals surface area contributed by atoms with Crippen molar-refractivity contribution in [3.63, 3.8) is 0 Å². The first-order valence-electron chi connectivity index (χ1n) is 4.05. The molecule has 0 unspecified atom stereocenters. The lowest BCUT2D eigenvalue weighted by molar-refractivity contribution is 0.589. The standard InChI is InChI=1S/C10H7F2NO/c1-13-9-6(3-2-4-7(9)11)5-8(12)10(13)14/h2-5H,1H3/i10+1. The molecule has 1 aromatic carbocycles. The van der Waals surface area contributed by atoms with Gasteiger partial charge in [-0.2, -0.15) is 0 Å². The molecule has 0 saturated heterocycles. The lowest BCUT2D eigenvalue weighted by Crippen LogP contribution is -2.20. The molecular weight excluding hydrogens is 189 g/mol. The maximum Gasteiger partial charge on any atom is 0.286 e. The molecule has 2 aromatic rings. The average molecular weight is 196 g/mol. The molecule has 0 aliphatic carbocycles. The molecule has 14 heavy (non-hydrogen) atoms. The van der Waals surface area contributed by atoms with Gasteiger partial charge in [-0.25, -0.2) is 8.78 Å². The van der Waals surface area contributed by atoms with E-state index in [1.165, 1.54) is 19.2 Å². The van der Waals surface area contributed by atoms with Gasteiger partial charge in [0.15, 0.2) is 5.82 Å². The third-order valence-electron chi connectivity index (χ3n) is 2.14. The molecule has 1 aromatic heterocycles. The van der Waals surface area contributed by atoms with Crippen LogP contribution in [0.1, 0.15) is 0 Å². The summed E-state index contributed by atoms with van der Waals surface area (Å²) in [5.74, 6) is -1.40. The Morgan fingerprint density at radius 1 is 1.21 bits per heavy atom. The van der Waals surface area contributed by atoms with Crippen molar-refractivity contribution in [1.29, 1.82) is 0 Å². The first-order valence-corrected chi connectivity index (χ1v) is 4.05. The van der Waals surface area contributed by atoms with Crippen LogP contribution >= 0.6 is 0 Å². The summed E-state index contributed by atoms with van der Waals surface area (Å²) in [6, 6.07) is 5.31. The van der Waals surface area contributed by atoms with Gasteiger partial charge in [0.1, 0.15) is 5.82 Å². The van der Waals surface area contributed by atoms with Gasteiger partial charge >= 0.3 is 0 Å². The predicted molar refractivity (Wildman–Crippen MR) is 49.1 cm³/mol. The van der Waals surface area contributed by atoms with Crippen LogP contribution in [0.4, 0.5) is 8.78 Å². The number of fused-ring (bicyclic) bond motifs is 1. The van der Waals surface area contributed by atoms with Gasteiger partial charge < -0.3 is 4.57 Å². The molecule has 0 amide bonds. The van der Waals surface area contributed by atoms with Crippen LogP contribution in [0.2, 0.25) is 0 Å². The van der Waals surface area contributed by atoms with Crippen molar-refractivity contribution >= 4 is 10.9 Å². The van der Waals surface area contributed by atoms with E-state index in [4.69, 9.17) is 0 Å². The van der Waals surface area contributed by atoms with Crippen molar-refractivity contribution in [3.05, 3.63) is 46.3 Å². The van der Waals surface area contributed by atoms with E-state index in [2.05, 4.69) is 0 Å². The Balaban J connectivity index is 3.07. The molecule has 0 fully saturated rings. The minimum absolute atomic E-state index is 0.124. The van der Waals surface area contributed by atoms with Crippen molar-refractivity contribution in [2.75, 3.05) is 0 Å². The highest BCUT2D eigenvalue weighted by Crippen LogP contribution is 2.15. The average Bonchev–Trinajstić information content (AvgIpc) is 2.14. The molecule has 0 aliphatic rings. The van der Waals surface area contributed by atoms with Crippen LogP contribution in [0.5, 0.6) is 0 Å². The molecule has 0 saturated carbocycles. The number of pyridine rings is 1. The maximum absolute atomic E-state index is 13.3. The van der Waals surface area contributed by atoms with Crippen LogP contribution in [0.3, 0.4) is 0 Å². The first-order chi connectivity index (χ1) is 6.61. The summed E-state index contributed by atoms with van der Waals surface area (Å²) in [5.41, 5.74) is -0.693. The fourth-order valence-corrected chi connectivity index (χ4v) is 1.46. The van der Waals surface area contributed by atoms with Crippen LogP contribution in [-0.2, 0) is 7.05 Å². The van der Waals surface area contributed by atoms with Crippen LogP contribution in [0.15, 0.2) is 29.1 Å². The van der Waals surface area contributed by atoms with Gasteiger partial charge in [-0.05, 0) is 12.1 Å². The summed E-state index contributed by atoms with van der Waals surface area (Å²) >= 11 is 0. The lowest BCUT2D eigenvalue weighted by Gasteiger charge is -2.05. The highest BCUT2D eigenvalue weighted by atomic mass is 19.1. The van der Waals surface area contributed by atoms with Crippen LogP contribution in [0, 0.1) is 11.6 Å². The zero-order valence-corrected chi connectivity index (χ0v) is 7.42. The molecule has 0 N–H and O–H groups in total. The number of para-hydroxylation sites is 1. The van der Waals surface area contributed by atoms with Gasteiger partial charge in [0.25, 0.3) is 5.56 Å². The van der Waals surface area contributed by atoms with Gasteiger partial charge in [0.05, 0.1) is 5.52 Å². The molecular formula is C10H7F2NO. The van der Waals surface area contributed by atoms with Crippen molar-refractivity contribution < 1.29 is 8.78 Å². The molecule has 4 heteroatoms. The highest BCUT2D eigenvalue weighted by molar-refractivity contribution is 5.79. The van der Waals surface area contributed by atoms with Crippen molar-refractivity contribution in [2.24, 2.45) is 7.05 Å². The quantitative estimate of drug-likeness (QED) is 0.629. The number of halogens is 2. The van der Waals surface area contributed by atoms with Crippen molar-refractivity contribution in [2.45, 2.75) is 0 Å². The zero-order valence-electron chi connectivity index (χ0n) is 7.42. The Kier molecular flexibility index (Phi) is 1.84. The number of benzene rings is 1. The summed E-state index contributed by atoms with van der Waals surface area (Å²) in [6.45, 7) is 0. The van der Waals surface area contributed by atoms with E-state index in [0.717, 1.165) is 10.6 Å². The predicted octanol–water partition coefficient (Wildman–Crippen LogP) is 1.82. The van der Waals surface area contributed by atoms with E-state index in [-0.39, 0.29) is 5.52 Å². The van der Waals surface area contributed by atoms with Crippen molar-refractivity contribution in [3.8, 4) is 0 Å². The number of hydrogen-bond acceptors (Lipinski definition) is 1. The van der Waals surface area contributed by atoms with Crippen LogP contribution in [0.25, 0.3) is 10.9 Å². The van der Waals surface area contributed by atoms with Crippen molar-refractivity contribution in [1.82, 2.24) is 4.57 Å². The molecule has 0 spiro atoms. The molecule has 0 aliphatic heterocycles. The smallest absolute Gasteiger partial charge is 0.286 e. The molecule has 0 radical (unpaired) electrons. The molecule has 2 nitrogen and oxygen atoms in total. The number of rotatable bonds is 0. The van der Waals surface area contributed by atoms with Gasteiger partial charge in [0, 0.05) is 12.4 Å². The van der Waals surface area contributed by atoms with E-state index in [1.807, 2.05) is 0 Å². The lowest BCUT2D eigenvalue weighted by atomic mass is 10.2. The fourth-order valence-electron chi connectivity index (χ4n) is 1.46. The van der Waals surface area contributed by atoms with Gasteiger partial charge in [-0.15, -0.1) is 0 Å². The van der Waals surface area contributed by atoms with Crippen LogP contribution < -0.4 is 5.56 Å². The second-order valence-corrected chi connectivity index (χ2v) is 3.03. The largest absolute Gasteiger partial charge is 0.306 e. The minimum Gasteiger partial charge on any atom is -0.306 e. The number of hydrogen-bond donors (Lipinski definition) is 0. The summed E-state index contributed by atoms with van der Waals surface area (Å²) in [5, 5.41) is 0.379. The molecule has 1 heterocycles. The molecule has 0 atom stereocenters. The Bertz CT molecular complexity index is 560. The maximum atomic E-state index is 13.3. The van der Waals surface area contributed by atoms with Crippen LogP contribution in [-0.4, -0.2) is 4.57 Å². The monoisotopic (exact) mass is 196 g/mol. The van der Waals surface area contributed by atoms with E-state index < -0.39 is 17.2 Å². The third-order valence-corrected chi connectivity index (χ3v) is 2.14. The summed E-state index contributed by atoms with van der Waals surface area (Å²) in [7, 11) is 1.34. The van der Waals surface area contributed by atoms with Gasteiger partial charge in [-0.1, -0.05) is 12.1 Å².